The van der Waals surface area contributed by atoms with Gasteiger partial charge in [0, 0.05) is 13.1 Å². The van der Waals surface area contributed by atoms with Gasteiger partial charge in [-0.3, -0.25) is 0 Å². The Kier molecular flexibility index (Phi) is 5.33. The van der Waals surface area contributed by atoms with E-state index < -0.39 is 0 Å². The number of hydrogen-bond donors (Lipinski definition) is 1. The molecule has 0 saturated heterocycles. The topological polar surface area (TPSA) is 52.0 Å². The van der Waals surface area contributed by atoms with Crippen LogP contribution in [0.1, 0.15) is 36.4 Å². The van der Waals surface area contributed by atoms with Gasteiger partial charge in [-0.1, -0.05) is 19.1 Å². The highest BCUT2D eigenvalue weighted by atomic mass is 16.5. The van der Waals surface area contributed by atoms with Crippen LogP contribution in [0.2, 0.25) is 0 Å². The summed E-state index contributed by atoms with van der Waals surface area (Å²) in [5.41, 5.74) is 3.60. The number of aryl methyl sites for hydroxylation is 3. The molecule has 0 aliphatic heterocycles. The van der Waals surface area contributed by atoms with Crippen LogP contribution in [-0.4, -0.2) is 21.3 Å². The van der Waals surface area contributed by atoms with Crippen molar-refractivity contribution in [2.45, 2.75) is 47.4 Å². The highest BCUT2D eigenvalue weighted by Crippen LogP contribution is 2.25. The van der Waals surface area contributed by atoms with E-state index >= 15 is 0 Å². The lowest BCUT2D eigenvalue weighted by Gasteiger charge is -2.14. The summed E-state index contributed by atoms with van der Waals surface area (Å²) in [7, 11) is 0. The first-order valence-electron chi connectivity index (χ1n) is 7.46. The molecule has 5 heteroatoms. The van der Waals surface area contributed by atoms with E-state index in [2.05, 4.69) is 48.3 Å². The second kappa shape index (κ2) is 7.22. The summed E-state index contributed by atoms with van der Waals surface area (Å²) in [4.78, 5) is 4.24. The van der Waals surface area contributed by atoms with Crippen molar-refractivity contribution >= 4 is 0 Å². The van der Waals surface area contributed by atoms with Gasteiger partial charge in [0.15, 0.2) is 5.82 Å². The van der Waals surface area contributed by atoms with Crippen LogP contribution in [0.5, 0.6) is 5.75 Å². The fourth-order valence-electron chi connectivity index (χ4n) is 2.44. The molecule has 0 aliphatic carbocycles. The van der Waals surface area contributed by atoms with Crippen LogP contribution >= 0.6 is 0 Å². The van der Waals surface area contributed by atoms with Gasteiger partial charge in [0.1, 0.15) is 18.7 Å². The Balaban J connectivity index is 2.09. The number of aromatic nitrogens is 3. The van der Waals surface area contributed by atoms with Crippen molar-refractivity contribution in [1.29, 1.82) is 0 Å². The van der Waals surface area contributed by atoms with E-state index in [9.17, 15) is 0 Å². The lowest BCUT2D eigenvalue weighted by atomic mass is 10.1. The van der Waals surface area contributed by atoms with Crippen LogP contribution in [0.3, 0.4) is 0 Å². The van der Waals surface area contributed by atoms with Gasteiger partial charge in [-0.15, -0.1) is 0 Å². The van der Waals surface area contributed by atoms with Crippen molar-refractivity contribution in [2.24, 2.45) is 0 Å². The number of nitrogens with one attached hydrogen (secondary N) is 1. The van der Waals surface area contributed by atoms with Crippen molar-refractivity contribution in [1.82, 2.24) is 20.1 Å². The van der Waals surface area contributed by atoms with E-state index in [0.29, 0.717) is 6.61 Å². The fourth-order valence-corrected chi connectivity index (χ4v) is 2.44. The summed E-state index contributed by atoms with van der Waals surface area (Å²) in [6.45, 7) is 11.4. The molecule has 0 radical (unpaired) electrons. The Morgan fingerprint density at radius 1 is 1.19 bits per heavy atom. The number of benzene rings is 1. The van der Waals surface area contributed by atoms with Gasteiger partial charge in [0.25, 0.3) is 0 Å². The van der Waals surface area contributed by atoms with Crippen molar-refractivity contribution in [3.05, 3.63) is 41.0 Å². The van der Waals surface area contributed by atoms with Crippen LogP contribution < -0.4 is 10.1 Å². The van der Waals surface area contributed by atoms with Crippen molar-refractivity contribution in [3.8, 4) is 5.75 Å². The highest BCUT2D eigenvalue weighted by molar-refractivity contribution is 5.43. The maximum Gasteiger partial charge on any atom is 0.164 e. The first kappa shape index (κ1) is 15.5. The van der Waals surface area contributed by atoms with Crippen LogP contribution in [0.4, 0.5) is 0 Å². The largest absolute Gasteiger partial charge is 0.485 e. The van der Waals surface area contributed by atoms with Crippen LogP contribution in [0.15, 0.2) is 18.5 Å². The maximum atomic E-state index is 5.97. The molecule has 114 valence electrons. The van der Waals surface area contributed by atoms with Crippen LogP contribution in [0.25, 0.3) is 0 Å². The number of ether oxygens (including phenoxy) is 1. The van der Waals surface area contributed by atoms with E-state index in [4.69, 9.17) is 4.74 Å². The molecule has 0 atom stereocenters. The third kappa shape index (κ3) is 3.82. The molecule has 21 heavy (non-hydrogen) atoms. The average Bonchev–Trinajstić information content (AvgIpc) is 2.91. The first-order valence-corrected chi connectivity index (χ1v) is 7.46. The Morgan fingerprint density at radius 3 is 2.52 bits per heavy atom. The first-order chi connectivity index (χ1) is 10.2. The predicted octanol–water partition coefficient (Wildman–Crippen LogP) is 2.60. The molecule has 5 nitrogen and oxygen atoms in total. The Morgan fingerprint density at radius 2 is 1.90 bits per heavy atom. The number of hydrogen-bond acceptors (Lipinski definition) is 4. The van der Waals surface area contributed by atoms with Gasteiger partial charge >= 0.3 is 0 Å². The van der Waals surface area contributed by atoms with Crippen molar-refractivity contribution in [3.63, 3.8) is 0 Å². The van der Waals surface area contributed by atoms with Gasteiger partial charge < -0.3 is 10.1 Å². The molecule has 2 rings (SSSR count). The van der Waals surface area contributed by atoms with E-state index in [1.807, 2.05) is 11.6 Å². The summed E-state index contributed by atoms with van der Waals surface area (Å²) in [6.07, 6.45) is 1.57. The van der Waals surface area contributed by atoms with Gasteiger partial charge in [-0.25, -0.2) is 9.67 Å². The summed E-state index contributed by atoms with van der Waals surface area (Å²) in [6, 6.07) is 4.35. The Bertz CT molecular complexity index is 569. The smallest absolute Gasteiger partial charge is 0.164 e. The standard InChI is InChI=1S/C16H24N4O/c1-5-17-9-14-7-12(3)16(13(4)8-14)21-10-15-18-11-19-20(15)6-2/h7-8,11,17H,5-6,9-10H2,1-4H3. The molecule has 1 aromatic carbocycles. The number of rotatable bonds is 7. The lowest BCUT2D eigenvalue weighted by molar-refractivity contribution is 0.283. The third-order valence-corrected chi connectivity index (χ3v) is 3.44. The molecule has 0 fully saturated rings. The minimum Gasteiger partial charge on any atom is -0.485 e. The molecule has 1 N–H and O–H groups in total. The Labute approximate surface area is 126 Å². The molecule has 0 aliphatic rings. The molecular weight excluding hydrogens is 264 g/mol. The average molecular weight is 288 g/mol. The molecule has 0 bridgehead atoms. The summed E-state index contributed by atoms with van der Waals surface area (Å²) in [5, 5.41) is 7.50. The quantitative estimate of drug-likeness (QED) is 0.851. The molecule has 0 saturated carbocycles. The molecule has 1 aromatic heterocycles. The van der Waals surface area contributed by atoms with E-state index in [0.717, 1.165) is 42.3 Å². The van der Waals surface area contributed by atoms with Crippen molar-refractivity contribution < 1.29 is 4.74 Å². The third-order valence-electron chi connectivity index (χ3n) is 3.44. The van der Waals surface area contributed by atoms with Crippen LogP contribution in [-0.2, 0) is 19.7 Å². The fraction of sp³-hybridized carbons (Fsp3) is 0.500. The van der Waals surface area contributed by atoms with E-state index in [1.165, 1.54) is 5.56 Å². The maximum absolute atomic E-state index is 5.97. The zero-order chi connectivity index (χ0) is 15.2. The molecular formula is C16H24N4O. The number of nitrogens with zero attached hydrogens (tertiary/aromatic N) is 3. The summed E-state index contributed by atoms with van der Waals surface area (Å²) >= 11 is 0. The normalized spacial score (nSPS) is 10.9. The predicted molar refractivity (Wildman–Crippen MR) is 83.3 cm³/mol. The summed E-state index contributed by atoms with van der Waals surface area (Å²) < 4.78 is 7.82. The van der Waals surface area contributed by atoms with Gasteiger partial charge in [0.05, 0.1) is 0 Å². The van der Waals surface area contributed by atoms with Gasteiger partial charge in [-0.2, -0.15) is 5.10 Å². The van der Waals surface area contributed by atoms with Gasteiger partial charge in [0.2, 0.25) is 0 Å². The second-order valence-electron chi connectivity index (χ2n) is 5.12. The highest BCUT2D eigenvalue weighted by Gasteiger charge is 2.09. The molecule has 0 spiro atoms. The molecule has 2 aromatic rings. The summed E-state index contributed by atoms with van der Waals surface area (Å²) in [5.74, 6) is 1.80. The lowest BCUT2D eigenvalue weighted by Crippen LogP contribution is -2.12. The molecule has 1 heterocycles. The van der Waals surface area contributed by atoms with Crippen molar-refractivity contribution in [2.75, 3.05) is 6.54 Å². The zero-order valence-electron chi connectivity index (χ0n) is 13.3. The molecule has 0 amide bonds. The zero-order valence-corrected chi connectivity index (χ0v) is 13.3. The Hall–Kier alpha value is -1.88. The van der Waals surface area contributed by atoms with E-state index in [1.54, 1.807) is 6.33 Å². The second-order valence-corrected chi connectivity index (χ2v) is 5.12. The molecule has 0 unspecified atom stereocenters. The minimum absolute atomic E-state index is 0.447. The monoisotopic (exact) mass is 288 g/mol. The minimum atomic E-state index is 0.447. The van der Waals surface area contributed by atoms with Crippen LogP contribution in [0, 0.1) is 13.8 Å². The SMILES string of the molecule is CCNCc1cc(C)c(OCc2ncnn2CC)c(C)c1. The van der Waals surface area contributed by atoms with Gasteiger partial charge in [-0.05, 0) is 44.0 Å². The van der Waals surface area contributed by atoms with E-state index in [-0.39, 0.29) is 0 Å².